The summed E-state index contributed by atoms with van der Waals surface area (Å²) in [6.45, 7) is 0. The molecule has 0 saturated carbocycles. The van der Waals surface area contributed by atoms with Crippen LogP contribution in [0.15, 0.2) is 0 Å². The van der Waals surface area contributed by atoms with Gasteiger partial charge in [-0.1, -0.05) is 0 Å². The van der Waals surface area contributed by atoms with Crippen molar-refractivity contribution in [1.82, 2.24) is 0 Å². The van der Waals surface area contributed by atoms with E-state index in [2.05, 4.69) is 10.0 Å². The first-order chi connectivity index (χ1) is 2.77. The van der Waals surface area contributed by atoms with Crippen LogP contribution in [0.1, 0.15) is 0 Å². The normalized spacial score (nSPS) is 7.50. The zero-order valence-corrected chi connectivity index (χ0v) is 2.53. The summed E-state index contributed by atoms with van der Waals surface area (Å²) in [5, 5.41) is 17.3. The molecule has 6 nitrogen and oxygen atoms in total. The van der Waals surface area contributed by atoms with Gasteiger partial charge in [0.05, 0.1) is 0 Å². The van der Waals surface area contributed by atoms with E-state index in [0.717, 1.165) is 0 Å². The first-order valence-electron chi connectivity index (χ1n) is 0.897. The maximum absolute atomic E-state index is 8.90. The lowest BCUT2D eigenvalue weighted by molar-refractivity contribution is -0.888. The Bertz CT molecular complexity index is 47.9. The standard InChI is InChI=1S/HNO5/c2-1(3)5-6-4/h4H. The fourth-order valence-electron chi connectivity index (χ4n) is 0.0272. The van der Waals surface area contributed by atoms with Gasteiger partial charge >= 0.3 is 5.09 Å². The molecular formula is HNO5. The van der Waals surface area contributed by atoms with E-state index in [4.69, 9.17) is 15.4 Å². The maximum atomic E-state index is 8.90. The highest BCUT2D eigenvalue weighted by Crippen LogP contribution is 1.67. The van der Waals surface area contributed by atoms with Gasteiger partial charge in [0.25, 0.3) is 0 Å². The van der Waals surface area contributed by atoms with Gasteiger partial charge in [0.1, 0.15) is 0 Å². The minimum atomic E-state index is -1.29. The Balaban J connectivity index is 2.83. The van der Waals surface area contributed by atoms with Crippen molar-refractivity contribution in [2.75, 3.05) is 0 Å². The van der Waals surface area contributed by atoms with Crippen LogP contribution in [0, 0.1) is 10.1 Å². The van der Waals surface area contributed by atoms with Crippen molar-refractivity contribution in [2.24, 2.45) is 0 Å². The largest absolute Gasteiger partial charge is 0.324 e. The van der Waals surface area contributed by atoms with Crippen LogP contribution in [0.4, 0.5) is 0 Å². The number of nitrogens with zero attached hydrogens (tertiary/aromatic N) is 1. The van der Waals surface area contributed by atoms with Gasteiger partial charge in [0.15, 0.2) is 0 Å². The van der Waals surface area contributed by atoms with E-state index in [1.807, 2.05) is 0 Å². The second-order valence-electron chi connectivity index (χ2n) is 0.373. The van der Waals surface area contributed by atoms with Gasteiger partial charge in [-0.15, -0.1) is 15.1 Å². The summed E-state index contributed by atoms with van der Waals surface area (Å²) >= 11 is 0. The van der Waals surface area contributed by atoms with Gasteiger partial charge in [0.2, 0.25) is 0 Å². The van der Waals surface area contributed by atoms with Crippen molar-refractivity contribution in [3.8, 4) is 0 Å². The minimum Gasteiger partial charge on any atom is -0.221 e. The molecule has 0 atom stereocenters. The van der Waals surface area contributed by atoms with Crippen molar-refractivity contribution in [1.29, 1.82) is 0 Å². The van der Waals surface area contributed by atoms with Crippen LogP contribution >= 0.6 is 0 Å². The third-order valence-electron chi connectivity index (χ3n) is 0.0942. The Labute approximate surface area is 31.9 Å². The number of rotatable bonds is 2. The van der Waals surface area contributed by atoms with Crippen LogP contribution in [-0.2, 0) is 10.0 Å². The lowest BCUT2D eigenvalue weighted by atomic mass is 13.1. The Morgan fingerprint density at radius 2 is 2.33 bits per heavy atom. The average Bonchev–Trinajstić information content (AvgIpc) is 1.35. The van der Waals surface area contributed by atoms with E-state index in [1.165, 1.54) is 0 Å². The molecule has 0 radical (unpaired) electrons. The van der Waals surface area contributed by atoms with Crippen molar-refractivity contribution >= 4 is 0 Å². The molecule has 6 heteroatoms. The van der Waals surface area contributed by atoms with Gasteiger partial charge in [-0.3, -0.25) is 0 Å². The van der Waals surface area contributed by atoms with Gasteiger partial charge in [-0.05, 0) is 5.04 Å². The van der Waals surface area contributed by atoms with Crippen LogP contribution in [0.25, 0.3) is 0 Å². The smallest absolute Gasteiger partial charge is 0.221 e. The quantitative estimate of drug-likeness (QED) is 0.286. The van der Waals surface area contributed by atoms with E-state index in [1.54, 1.807) is 0 Å². The average molecular weight is 95.0 g/mol. The topological polar surface area (TPSA) is 81.8 Å². The first-order valence-corrected chi connectivity index (χ1v) is 0.897. The molecule has 0 spiro atoms. The molecule has 0 aliphatic heterocycles. The van der Waals surface area contributed by atoms with Crippen LogP contribution in [0.3, 0.4) is 0 Å². The Hall–Kier alpha value is -0.880. The van der Waals surface area contributed by atoms with E-state index in [0.29, 0.717) is 0 Å². The van der Waals surface area contributed by atoms with Crippen LogP contribution in [-0.4, -0.2) is 10.3 Å². The lowest BCUT2D eigenvalue weighted by Crippen LogP contribution is -1.97. The van der Waals surface area contributed by atoms with Gasteiger partial charge in [0, 0.05) is 0 Å². The molecular weight excluding hydrogens is 94.0 g/mol. The van der Waals surface area contributed by atoms with Crippen molar-refractivity contribution < 1.29 is 20.4 Å². The number of hydrogen-bond acceptors (Lipinski definition) is 5. The second-order valence-corrected chi connectivity index (χ2v) is 0.373. The molecule has 0 aliphatic carbocycles. The second kappa shape index (κ2) is 2.36. The van der Waals surface area contributed by atoms with Crippen molar-refractivity contribution in [3.63, 3.8) is 0 Å². The molecule has 0 rings (SSSR count). The fraction of sp³-hybridized carbons (Fsp3) is 0. The van der Waals surface area contributed by atoms with Gasteiger partial charge in [-0.25, -0.2) is 5.26 Å². The molecule has 0 heterocycles. The molecule has 0 aliphatic rings. The van der Waals surface area contributed by atoms with E-state index >= 15 is 0 Å². The van der Waals surface area contributed by atoms with E-state index in [-0.39, 0.29) is 0 Å². The predicted molar refractivity (Wildman–Crippen MR) is 11.8 cm³/mol. The molecule has 0 aromatic carbocycles. The highest BCUT2D eigenvalue weighted by Gasteiger charge is 1.87. The van der Waals surface area contributed by atoms with Crippen LogP contribution < -0.4 is 0 Å². The first kappa shape index (κ1) is 5.12. The molecule has 1 N–H and O–H groups in total. The molecule has 0 bridgehead atoms. The monoisotopic (exact) mass is 95.0 g/mol. The Morgan fingerprint density at radius 3 is 2.33 bits per heavy atom. The Morgan fingerprint density at radius 1 is 1.83 bits per heavy atom. The molecule has 0 aromatic rings. The van der Waals surface area contributed by atoms with Gasteiger partial charge in [-0.2, -0.15) is 0 Å². The summed E-state index contributed by atoms with van der Waals surface area (Å²) < 4.78 is 0. The SMILES string of the molecule is O=[N+]([O-])OOO. The molecule has 0 aromatic heterocycles. The summed E-state index contributed by atoms with van der Waals surface area (Å²) in [7, 11) is 0. The lowest BCUT2D eigenvalue weighted by Gasteiger charge is -1.80. The molecule has 36 valence electrons. The van der Waals surface area contributed by atoms with Crippen LogP contribution in [0.5, 0.6) is 0 Å². The molecule has 0 fully saturated rings. The summed E-state index contributed by atoms with van der Waals surface area (Å²) in [5.74, 6) is 0. The van der Waals surface area contributed by atoms with E-state index in [9.17, 15) is 0 Å². The zero-order chi connectivity index (χ0) is 4.99. The van der Waals surface area contributed by atoms with Crippen LogP contribution in [0.2, 0.25) is 0 Å². The van der Waals surface area contributed by atoms with Crippen molar-refractivity contribution in [2.45, 2.75) is 0 Å². The summed E-state index contributed by atoms with van der Waals surface area (Å²) in [5.41, 5.74) is 0. The molecule has 6 heavy (non-hydrogen) atoms. The highest BCUT2D eigenvalue weighted by molar-refractivity contribution is 3.84. The number of hydrogen-bond donors (Lipinski definition) is 1. The summed E-state index contributed by atoms with van der Waals surface area (Å²) in [6, 6.07) is 0. The minimum absolute atomic E-state index is 1.29. The summed E-state index contributed by atoms with van der Waals surface area (Å²) in [6.07, 6.45) is 0. The van der Waals surface area contributed by atoms with Crippen molar-refractivity contribution in [3.05, 3.63) is 10.1 Å². The molecule has 0 unspecified atom stereocenters. The Kier molecular flexibility index (Phi) is 2.02. The predicted octanol–water partition coefficient (Wildman–Crippen LogP) is -0.401. The summed E-state index contributed by atoms with van der Waals surface area (Å²) in [4.78, 5) is 11.7. The molecule has 0 amide bonds. The third kappa shape index (κ3) is 3.12. The fourth-order valence-corrected chi connectivity index (χ4v) is 0.0272. The highest BCUT2D eigenvalue weighted by atomic mass is 17.5. The maximum Gasteiger partial charge on any atom is 0.324 e. The zero-order valence-electron chi connectivity index (χ0n) is 2.53. The third-order valence-corrected chi connectivity index (χ3v) is 0.0942. The molecule has 0 saturated heterocycles. The van der Waals surface area contributed by atoms with Gasteiger partial charge < -0.3 is 0 Å². The van der Waals surface area contributed by atoms with E-state index < -0.39 is 5.09 Å².